The van der Waals surface area contributed by atoms with E-state index in [0.717, 1.165) is 12.1 Å². The standard InChI is InChI=1S/C27H18F5NO7/c28-18-11(19(29)21(31)22(32)20(18)30)3-1-8-2-4-13(34)16-12(8)6-9-5-10-7-14(35)17(26(33)39)25(38)27(10,40)24(37)15(9)23(16)36/h1-4,9-10,34-35,37,40H,5-7H2,(H2,33,39)/b3-1+/t9-,10+,27+/m1/s1. The van der Waals surface area contributed by atoms with Crippen molar-refractivity contribution in [3.05, 3.63) is 86.1 Å². The molecule has 208 valence electrons. The second kappa shape index (κ2) is 9.01. The lowest BCUT2D eigenvalue weighted by atomic mass is 9.60. The molecule has 5 rings (SSSR count). The first kappa shape index (κ1) is 27.1. The van der Waals surface area contributed by atoms with Crippen molar-refractivity contribution in [2.75, 3.05) is 0 Å². The molecule has 0 radical (unpaired) electrons. The fraction of sp³-hybridized carbons (Fsp3) is 0.222. The van der Waals surface area contributed by atoms with Gasteiger partial charge in [-0.2, -0.15) is 0 Å². The molecule has 3 aliphatic rings. The van der Waals surface area contributed by atoms with Crippen molar-refractivity contribution in [1.29, 1.82) is 0 Å². The fourth-order valence-electron chi connectivity index (χ4n) is 5.74. The van der Waals surface area contributed by atoms with Crippen molar-refractivity contribution in [2.24, 2.45) is 17.6 Å². The minimum absolute atomic E-state index is 0.0583. The van der Waals surface area contributed by atoms with E-state index in [0.29, 0.717) is 6.08 Å². The summed E-state index contributed by atoms with van der Waals surface area (Å²) in [6, 6.07) is 2.25. The molecule has 0 unspecified atom stereocenters. The van der Waals surface area contributed by atoms with Crippen molar-refractivity contribution >= 4 is 29.6 Å². The van der Waals surface area contributed by atoms with Gasteiger partial charge in [0.05, 0.1) is 11.1 Å². The SMILES string of the molecule is NC(=O)C1=C(O)C[C@@H]2C[C@@H]3Cc4c(/C=C/c5c(F)c(F)c(F)c(F)c5F)ccc(O)c4C(=O)C3=C(O)[C@]2(O)C1=O. The molecule has 0 spiro atoms. The molecule has 0 bridgehead atoms. The summed E-state index contributed by atoms with van der Waals surface area (Å²) in [5.41, 5.74) is -0.440. The summed E-state index contributed by atoms with van der Waals surface area (Å²) in [5.74, 6) is -19.0. The van der Waals surface area contributed by atoms with Crippen LogP contribution in [-0.2, 0) is 16.0 Å². The Labute approximate surface area is 221 Å². The van der Waals surface area contributed by atoms with E-state index in [1.807, 2.05) is 0 Å². The first-order valence-corrected chi connectivity index (χ1v) is 11.7. The first-order valence-electron chi connectivity index (χ1n) is 11.7. The van der Waals surface area contributed by atoms with E-state index >= 15 is 0 Å². The summed E-state index contributed by atoms with van der Waals surface area (Å²) in [6.45, 7) is 0. The Bertz CT molecular complexity index is 1630. The molecule has 0 saturated carbocycles. The summed E-state index contributed by atoms with van der Waals surface area (Å²) >= 11 is 0. The van der Waals surface area contributed by atoms with Crippen LogP contribution in [0.25, 0.3) is 12.2 Å². The van der Waals surface area contributed by atoms with Crippen LogP contribution in [0.1, 0.15) is 39.9 Å². The summed E-state index contributed by atoms with van der Waals surface area (Å²) in [5, 5.41) is 42.9. The molecule has 6 N–H and O–H groups in total. The number of hydrogen-bond donors (Lipinski definition) is 5. The molecule has 0 aromatic heterocycles. The van der Waals surface area contributed by atoms with Gasteiger partial charge < -0.3 is 26.2 Å². The van der Waals surface area contributed by atoms with Crippen LogP contribution in [0.2, 0.25) is 0 Å². The van der Waals surface area contributed by atoms with Gasteiger partial charge in [-0.05, 0) is 42.0 Å². The lowest BCUT2D eigenvalue weighted by Gasteiger charge is -2.45. The van der Waals surface area contributed by atoms with Gasteiger partial charge in [-0.25, -0.2) is 22.0 Å². The number of allylic oxidation sites excluding steroid dienone is 2. The number of aromatic hydroxyl groups is 1. The fourth-order valence-corrected chi connectivity index (χ4v) is 5.74. The van der Waals surface area contributed by atoms with Crippen LogP contribution in [-0.4, -0.2) is 43.5 Å². The van der Waals surface area contributed by atoms with Gasteiger partial charge in [0, 0.05) is 17.9 Å². The highest BCUT2D eigenvalue weighted by atomic mass is 19.2. The molecule has 8 nitrogen and oxygen atoms in total. The number of primary amides is 1. The number of fused-ring (bicyclic) bond motifs is 3. The van der Waals surface area contributed by atoms with E-state index in [1.165, 1.54) is 6.07 Å². The minimum Gasteiger partial charge on any atom is -0.511 e. The van der Waals surface area contributed by atoms with Crippen LogP contribution >= 0.6 is 0 Å². The Morgan fingerprint density at radius 3 is 2.12 bits per heavy atom. The summed E-state index contributed by atoms with van der Waals surface area (Å²) < 4.78 is 69.0. The maximum Gasteiger partial charge on any atom is 0.255 e. The van der Waals surface area contributed by atoms with Crippen LogP contribution in [0.3, 0.4) is 0 Å². The predicted octanol–water partition coefficient (Wildman–Crippen LogP) is 3.45. The molecular weight excluding hydrogens is 545 g/mol. The van der Waals surface area contributed by atoms with Gasteiger partial charge in [0.2, 0.25) is 11.6 Å². The van der Waals surface area contributed by atoms with Crippen LogP contribution in [0.15, 0.2) is 34.8 Å². The number of carbonyl (C=O) groups excluding carboxylic acids is 3. The number of halogens is 5. The summed E-state index contributed by atoms with van der Waals surface area (Å²) in [6.07, 6.45) is 0.848. The lowest BCUT2D eigenvalue weighted by molar-refractivity contribution is -0.144. The highest BCUT2D eigenvalue weighted by Crippen LogP contribution is 2.51. The Kier molecular flexibility index (Phi) is 6.10. The highest BCUT2D eigenvalue weighted by molar-refractivity contribution is 6.24. The van der Waals surface area contributed by atoms with Crippen molar-refractivity contribution < 1.29 is 56.8 Å². The van der Waals surface area contributed by atoms with E-state index in [4.69, 9.17) is 5.73 Å². The topological polar surface area (TPSA) is 158 Å². The quantitative estimate of drug-likeness (QED) is 0.126. The van der Waals surface area contributed by atoms with Gasteiger partial charge in [-0.3, -0.25) is 14.4 Å². The smallest absolute Gasteiger partial charge is 0.255 e. The molecule has 13 heteroatoms. The molecule has 0 heterocycles. The average Bonchev–Trinajstić information content (AvgIpc) is 2.89. The van der Waals surface area contributed by atoms with Gasteiger partial charge >= 0.3 is 0 Å². The van der Waals surface area contributed by atoms with Crippen molar-refractivity contribution in [2.45, 2.75) is 24.9 Å². The Morgan fingerprint density at radius 2 is 1.52 bits per heavy atom. The largest absolute Gasteiger partial charge is 0.511 e. The lowest BCUT2D eigenvalue weighted by Crippen LogP contribution is -2.57. The number of amides is 1. The molecule has 2 aromatic rings. The van der Waals surface area contributed by atoms with E-state index in [1.54, 1.807) is 0 Å². The first-order chi connectivity index (χ1) is 18.7. The molecule has 0 aliphatic heterocycles. The summed E-state index contributed by atoms with van der Waals surface area (Å²) in [7, 11) is 0. The molecule has 3 atom stereocenters. The Balaban J connectivity index is 1.62. The molecule has 1 amide bonds. The number of Topliss-reactive ketones (excluding diaryl/α,β-unsaturated/α-hetero) is 2. The molecule has 0 fully saturated rings. The third-order valence-corrected chi connectivity index (χ3v) is 7.65. The zero-order valence-electron chi connectivity index (χ0n) is 20.1. The summed E-state index contributed by atoms with van der Waals surface area (Å²) in [4.78, 5) is 38.2. The predicted molar refractivity (Wildman–Crippen MR) is 126 cm³/mol. The van der Waals surface area contributed by atoms with E-state index < -0.39 is 110 Å². The molecule has 0 saturated heterocycles. The van der Waals surface area contributed by atoms with Crippen LogP contribution in [0, 0.1) is 40.9 Å². The number of hydrogen-bond acceptors (Lipinski definition) is 7. The number of rotatable bonds is 3. The van der Waals surface area contributed by atoms with Crippen LogP contribution in [0.5, 0.6) is 5.75 Å². The zero-order valence-corrected chi connectivity index (χ0v) is 20.1. The van der Waals surface area contributed by atoms with Crippen molar-refractivity contribution in [1.82, 2.24) is 0 Å². The van der Waals surface area contributed by atoms with Crippen LogP contribution < -0.4 is 5.73 Å². The minimum atomic E-state index is -2.76. The van der Waals surface area contributed by atoms with Crippen LogP contribution in [0.4, 0.5) is 22.0 Å². The van der Waals surface area contributed by atoms with Gasteiger partial charge in [-0.15, -0.1) is 0 Å². The van der Waals surface area contributed by atoms with Gasteiger partial charge in [-0.1, -0.05) is 12.1 Å². The number of ketones is 2. The van der Waals surface area contributed by atoms with E-state index in [2.05, 4.69) is 0 Å². The number of phenolic OH excluding ortho intramolecular Hbond substituents is 1. The number of benzene rings is 2. The Hall–Kier alpha value is -4.52. The van der Waals surface area contributed by atoms with Crippen molar-refractivity contribution in [3.63, 3.8) is 0 Å². The molecule has 2 aromatic carbocycles. The normalized spacial score (nSPS) is 24.4. The van der Waals surface area contributed by atoms with Gasteiger partial charge in [0.1, 0.15) is 22.8 Å². The third-order valence-electron chi connectivity index (χ3n) is 7.65. The number of aliphatic hydroxyl groups is 3. The number of aliphatic hydroxyl groups excluding tert-OH is 2. The zero-order chi connectivity index (χ0) is 29.4. The maximum absolute atomic E-state index is 14.2. The van der Waals surface area contributed by atoms with Gasteiger partial charge in [0.25, 0.3) is 5.91 Å². The highest BCUT2D eigenvalue weighted by Gasteiger charge is 2.59. The maximum atomic E-state index is 14.2. The second-order valence-corrected chi connectivity index (χ2v) is 9.76. The molecular formula is C27H18F5NO7. The number of nitrogens with two attached hydrogens (primary N) is 1. The van der Waals surface area contributed by atoms with E-state index in [9.17, 15) is 56.8 Å². The molecule has 3 aliphatic carbocycles. The molecule has 40 heavy (non-hydrogen) atoms. The van der Waals surface area contributed by atoms with E-state index in [-0.39, 0.29) is 24.0 Å². The van der Waals surface area contributed by atoms with Crippen molar-refractivity contribution in [3.8, 4) is 5.75 Å². The Morgan fingerprint density at radius 1 is 0.925 bits per heavy atom. The number of phenols is 1. The monoisotopic (exact) mass is 563 g/mol. The second-order valence-electron chi connectivity index (χ2n) is 9.76. The van der Waals surface area contributed by atoms with Gasteiger partial charge in [0.15, 0.2) is 34.7 Å². The third kappa shape index (κ3) is 3.57. The average molecular weight is 563 g/mol. The number of carbonyl (C=O) groups is 3.